The standard InChI is InChI=1S/C16H11Cl2NO3S/c17-13-5-1-11(2-6-13)10-23(20,21)16-19-9-15(22-16)12-3-7-14(18)8-4-12/h1-9H,10H2. The van der Waals surface area contributed by atoms with Crippen molar-refractivity contribution in [2.24, 2.45) is 0 Å². The Morgan fingerprint density at radius 1 is 0.913 bits per heavy atom. The van der Waals surface area contributed by atoms with Crippen molar-refractivity contribution in [3.8, 4) is 11.3 Å². The number of halogens is 2. The van der Waals surface area contributed by atoms with E-state index in [0.29, 0.717) is 26.9 Å². The van der Waals surface area contributed by atoms with Crippen LogP contribution in [-0.4, -0.2) is 13.4 Å². The molecule has 2 aromatic carbocycles. The number of benzene rings is 2. The lowest BCUT2D eigenvalue weighted by molar-refractivity contribution is 0.439. The molecule has 0 atom stereocenters. The van der Waals surface area contributed by atoms with Gasteiger partial charge in [0.15, 0.2) is 5.76 Å². The van der Waals surface area contributed by atoms with E-state index in [1.807, 2.05) is 0 Å². The van der Waals surface area contributed by atoms with Crippen LogP contribution in [0.5, 0.6) is 0 Å². The van der Waals surface area contributed by atoms with E-state index in [4.69, 9.17) is 27.6 Å². The molecule has 0 fully saturated rings. The zero-order chi connectivity index (χ0) is 16.4. The third kappa shape index (κ3) is 3.75. The topological polar surface area (TPSA) is 60.2 Å². The Balaban J connectivity index is 1.86. The molecule has 23 heavy (non-hydrogen) atoms. The van der Waals surface area contributed by atoms with Crippen molar-refractivity contribution in [1.29, 1.82) is 0 Å². The first-order chi connectivity index (χ1) is 10.9. The van der Waals surface area contributed by atoms with E-state index in [1.165, 1.54) is 6.20 Å². The first kappa shape index (κ1) is 16.1. The average molecular weight is 368 g/mol. The van der Waals surface area contributed by atoms with Crippen molar-refractivity contribution < 1.29 is 12.8 Å². The van der Waals surface area contributed by atoms with Crippen molar-refractivity contribution in [2.75, 3.05) is 0 Å². The van der Waals surface area contributed by atoms with Gasteiger partial charge in [-0.1, -0.05) is 35.3 Å². The van der Waals surface area contributed by atoms with Crippen LogP contribution in [0.15, 0.2) is 64.4 Å². The van der Waals surface area contributed by atoms with Crippen LogP contribution >= 0.6 is 23.2 Å². The number of nitrogens with zero attached hydrogens (tertiary/aromatic N) is 1. The van der Waals surface area contributed by atoms with E-state index < -0.39 is 9.84 Å². The minimum Gasteiger partial charge on any atom is -0.428 e. The van der Waals surface area contributed by atoms with Crippen molar-refractivity contribution in [2.45, 2.75) is 11.0 Å². The second-order valence-corrected chi connectivity index (χ2v) is 7.62. The maximum absolute atomic E-state index is 12.4. The average Bonchev–Trinajstić information content (AvgIpc) is 3.01. The molecule has 0 spiro atoms. The van der Waals surface area contributed by atoms with Crippen LogP contribution in [0.4, 0.5) is 0 Å². The summed E-state index contributed by atoms with van der Waals surface area (Å²) >= 11 is 11.6. The second kappa shape index (κ2) is 6.35. The highest BCUT2D eigenvalue weighted by Gasteiger charge is 2.22. The Hall–Kier alpha value is -1.82. The smallest absolute Gasteiger partial charge is 0.315 e. The van der Waals surface area contributed by atoms with E-state index >= 15 is 0 Å². The Morgan fingerprint density at radius 2 is 1.48 bits per heavy atom. The van der Waals surface area contributed by atoms with Gasteiger partial charge in [0.05, 0.1) is 11.9 Å². The van der Waals surface area contributed by atoms with E-state index in [2.05, 4.69) is 4.98 Å². The van der Waals surface area contributed by atoms with Gasteiger partial charge in [0.1, 0.15) is 0 Å². The molecule has 0 saturated carbocycles. The van der Waals surface area contributed by atoms with Crippen molar-refractivity contribution in [1.82, 2.24) is 4.98 Å². The Kier molecular flexibility index (Phi) is 4.43. The molecule has 0 N–H and O–H groups in total. The van der Waals surface area contributed by atoms with Gasteiger partial charge < -0.3 is 4.42 Å². The molecule has 0 bridgehead atoms. The lowest BCUT2D eigenvalue weighted by Crippen LogP contribution is -2.05. The molecule has 0 saturated heterocycles. The summed E-state index contributed by atoms with van der Waals surface area (Å²) in [7, 11) is -3.67. The fourth-order valence-electron chi connectivity index (χ4n) is 2.01. The Bertz CT molecular complexity index is 917. The molecule has 1 heterocycles. The molecular weight excluding hydrogens is 357 g/mol. The van der Waals surface area contributed by atoms with Gasteiger partial charge in [-0.2, -0.15) is 0 Å². The van der Waals surface area contributed by atoms with E-state index in [0.717, 1.165) is 0 Å². The zero-order valence-electron chi connectivity index (χ0n) is 11.7. The maximum Gasteiger partial charge on any atom is 0.315 e. The number of hydrogen-bond donors (Lipinski definition) is 0. The predicted molar refractivity (Wildman–Crippen MR) is 89.3 cm³/mol. The number of sulfone groups is 1. The molecule has 3 aromatic rings. The third-order valence-electron chi connectivity index (χ3n) is 3.15. The van der Waals surface area contributed by atoms with Crippen LogP contribution in [0.1, 0.15) is 5.56 Å². The fourth-order valence-corrected chi connectivity index (χ4v) is 3.45. The first-order valence-electron chi connectivity index (χ1n) is 6.63. The lowest BCUT2D eigenvalue weighted by Gasteiger charge is -2.01. The van der Waals surface area contributed by atoms with Crippen molar-refractivity contribution in [3.63, 3.8) is 0 Å². The molecule has 4 nitrogen and oxygen atoms in total. The van der Waals surface area contributed by atoms with Crippen LogP contribution in [0.2, 0.25) is 10.0 Å². The monoisotopic (exact) mass is 367 g/mol. The molecule has 1 aromatic heterocycles. The molecule has 0 radical (unpaired) electrons. The zero-order valence-corrected chi connectivity index (χ0v) is 14.1. The van der Waals surface area contributed by atoms with Crippen LogP contribution in [0.3, 0.4) is 0 Å². The molecule has 3 rings (SSSR count). The van der Waals surface area contributed by atoms with Gasteiger partial charge in [-0.3, -0.25) is 0 Å². The Labute approximate surface area is 143 Å². The van der Waals surface area contributed by atoms with E-state index in [-0.39, 0.29) is 11.0 Å². The summed E-state index contributed by atoms with van der Waals surface area (Å²) in [6, 6.07) is 13.5. The summed E-state index contributed by atoms with van der Waals surface area (Å²) in [6.07, 6.45) is 1.39. The van der Waals surface area contributed by atoms with Gasteiger partial charge in [-0.25, -0.2) is 13.4 Å². The number of rotatable bonds is 4. The predicted octanol–water partition coefficient (Wildman–Crippen LogP) is 4.62. The van der Waals surface area contributed by atoms with Crippen molar-refractivity contribution in [3.05, 3.63) is 70.3 Å². The normalized spacial score (nSPS) is 11.6. The number of aromatic nitrogens is 1. The van der Waals surface area contributed by atoms with Gasteiger partial charge >= 0.3 is 5.22 Å². The molecule has 7 heteroatoms. The van der Waals surface area contributed by atoms with Crippen LogP contribution in [0, 0.1) is 0 Å². The minimum absolute atomic E-state index is 0.204. The summed E-state index contributed by atoms with van der Waals surface area (Å²) in [6.45, 7) is 0. The number of hydrogen-bond acceptors (Lipinski definition) is 4. The van der Waals surface area contributed by atoms with Crippen LogP contribution in [-0.2, 0) is 15.6 Å². The summed E-state index contributed by atoms with van der Waals surface area (Å²) < 4.78 is 30.2. The lowest BCUT2D eigenvalue weighted by atomic mass is 10.2. The van der Waals surface area contributed by atoms with E-state index in [1.54, 1.807) is 48.5 Å². The molecule has 0 unspecified atom stereocenters. The van der Waals surface area contributed by atoms with Gasteiger partial charge in [0.25, 0.3) is 0 Å². The maximum atomic E-state index is 12.4. The molecule has 0 amide bonds. The second-order valence-electron chi connectivity index (χ2n) is 4.88. The van der Waals surface area contributed by atoms with Crippen LogP contribution < -0.4 is 0 Å². The summed E-state index contributed by atoms with van der Waals surface area (Å²) in [5, 5.41) is 0.827. The Morgan fingerprint density at radius 3 is 2.09 bits per heavy atom. The molecule has 0 aliphatic heterocycles. The molecule has 0 aliphatic carbocycles. The summed E-state index contributed by atoms with van der Waals surface area (Å²) in [5.74, 6) is 0.168. The fraction of sp³-hybridized carbons (Fsp3) is 0.0625. The molecule has 118 valence electrons. The first-order valence-corrected chi connectivity index (χ1v) is 9.04. The highest BCUT2D eigenvalue weighted by Crippen LogP contribution is 2.25. The van der Waals surface area contributed by atoms with Gasteiger partial charge in [0, 0.05) is 15.6 Å². The van der Waals surface area contributed by atoms with Crippen LogP contribution in [0.25, 0.3) is 11.3 Å². The van der Waals surface area contributed by atoms with E-state index in [9.17, 15) is 8.42 Å². The summed E-state index contributed by atoms with van der Waals surface area (Å²) in [5.41, 5.74) is 1.32. The minimum atomic E-state index is -3.67. The number of oxazole rings is 1. The SMILES string of the molecule is O=S(=O)(Cc1ccc(Cl)cc1)c1ncc(-c2ccc(Cl)cc2)o1. The summed E-state index contributed by atoms with van der Waals surface area (Å²) in [4.78, 5) is 3.89. The highest BCUT2D eigenvalue weighted by atomic mass is 35.5. The third-order valence-corrected chi connectivity index (χ3v) is 5.09. The van der Waals surface area contributed by atoms with Gasteiger partial charge in [0.2, 0.25) is 9.84 Å². The largest absolute Gasteiger partial charge is 0.428 e. The highest BCUT2D eigenvalue weighted by molar-refractivity contribution is 7.90. The van der Waals surface area contributed by atoms with Gasteiger partial charge in [-0.15, -0.1) is 0 Å². The molecular formula is C16H11Cl2NO3S. The van der Waals surface area contributed by atoms with Crippen molar-refractivity contribution >= 4 is 33.0 Å². The van der Waals surface area contributed by atoms with Gasteiger partial charge in [-0.05, 0) is 42.0 Å². The quantitative estimate of drug-likeness (QED) is 0.674. The molecule has 0 aliphatic rings.